The molecule has 1 fully saturated rings. The topological polar surface area (TPSA) is 98.8 Å². The molecule has 1 amide bonds. The Morgan fingerprint density at radius 2 is 2.17 bits per heavy atom. The summed E-state index contributed by atoms with van der Waals surface area (Å²) in [5.74, 6) is -0.507. The number of hydrogen-bond acceptors (Lipinski definition) is 6. The van der Waals surface area contributed by atoms with E-state index in [4.69, 9.17) is 9.47 Å². The van der Waals surface area contributed by atoms with Gasteiger partial charge in [0.2, 0.25) is 0 Å². The van der Waals surface area contributed by atoms with Crippen molar-refractivity contribution in [3.63, 3.8) is 0 Å². The molecule has 1 atom stereocenters. The van der Waals surface area contributed by atoms with Gasteiger partial charge in [-0.1, -0.05) is 12.1 Å². The van der Waals surface area contributed by atoms with Gasteiger partial charge in [-0.3, -0.25) is 4.79 Å². The number of esters is 1. The minimum atomic E-state index is -3.06. The van der Waals surface area contributed by atoms with E-state index in [9.17, 15) is 18.0 Å². The highest BCUT2D eigenvalue weighted by atomic mass is 32.2. The number of carbonyl (C=O) groups is 2. The third kappa shape index (κ3) is 5.69. The van der Waals surface area contributed by atoms with E-state index < -0.39 is 34.4 Å². The van der Waals surface area contributed by atoms with E-state index in [0.29, 0.717) is 12.2 Å². The molecule has 0 aromatic heterocycles. The van der Waals surface area contributed by atoms with Crippen LogP contribution in [0.5, 0.6) is 5.75 Å². The number of hydrogen-bond donors (Lipinski definition) is 1. The van der Waals surface area contributed by atoms with Crippen molar-refractivity contribution in [2.24, 2.45) is 0 Å². The number of ether oxygens (including phenoxy) is 2. The molecule has 1 unspecified atom stereocenters. The Hall–Kier alpha value is -2.35. The van der Waals surface area contributed by atoms with Crippen molar-refractivity contribution in [1.82, 2.24) is 5.32 Å². The van der Waals surface area contributed by atoms with Crippen LogP contribution in [-0.2, 0) is 24.2 Å². The standard InChI is InChI=1S/C16H19NO6S/c1-22-14-4-2-3-12(9-14)5-6-16(19)23-10-15(18)17-13-7-8-24(20,21)11-13/h2-6,9,13H,7-8,10-11H2,1H3,(H,17,18). The average molecular weight is 353 g/mol. The first kappa shape index (κ1) is 18.0. The molecule has 1 saturated heterocycles. The van der Waals surface area contributed by atoms with Crippen molar-refractivity contribution >= 4 is 27.8 Å². The van der Waals surface area contributed by atoms with Gasteiger partial charge in [0.15, 0.2) is 16.4 Å². The maximum atomic E-state index is 11.6. The lowest BCUT2D eigenvalue weighted by molar-refractivity contribution is -0.143. The van der Waals surface area contributed by atoms with Gasteiger partial charge in [0.1, 0.15) is 5.75 Å². The lowest BCUT2D eigenvalue weighted by Gasteiger charge is -2.10. The Morgan fingerprint density at radius 1 is 1.38 bits per heavy atom. The molecule has 1 aromatic carbocycles. The molecule has 0 saturated carbocycles. The lowest BCUT2D eigenvalue weighted by Crippen LogP contribution is -2.38. The van der Waals surface area contributed by atoms with E-state index in [2.05, 4.69) is 5.32 Å². The first-order chi connectivity index (χ1) is 11.4. The van der Waals surface area contributed by atoms with Crippen LogP contribution < -0.4 is 10.1 Å². The number of carbonyl (C=O) groups excluding carboxylic acids is 2. The largest absolute Gasteiger partial charge is 0.497 e. The summed E-state index contributed by atoms with van der Waals surface area (Å²) < 4.78 is 32.5. The molecular formula is C16H19NO6S. The minimum Gasteiger partial charge on any atom is -0.497 e. The molecule has 0 radical (unpaired) electrons. The van der Waals surface area contributed by atoms with Gasteiger partial charge in [-0.2, -0.15) is 0 Å². The predicted molar refractivity (Wildman–Crippen MR) is 88.2 cm³/mol. The summed E-state index contributed by atoms with van der Waals surface area (Å²) in [7, 11) is -1.51. The van der Waals surface area contributed by atoms with Crippen LogP contribution in [0.25, 0.3) is 6.08 Å². The second-order valence-corrected chi connectivity index (χ2v) is 7.61. The fraction of sp³-hybridized carbons (Fsp3) is 0.375. The van der Waals surface area contributed by atoms with Crippen LogP contribution in [-0.4, -0.2) is 51.6 Å². The van der Waals surface area contributed by atoms with Crippen molar-refractivity contribution in [1.29, 1.82) is 0 Å². The van der Waals surface area contributed by atoms with Crippen molar-refractivity contribution in [3.05, 3.63) is 35.9 Å². The first-order valence-corrected chi connectivity index (χ1v) is 9.19. The van der Waals surface area contributed by atoms with Crippen molar-refractivity contribution in [2.45, 2.75) is 12.5 Å². The Labute approximate surface area is 140 Å². The molecule has 8 heteroatoms. The van der Waals surface area contributed by atoms with Gasteiger partial charge in [0.25, 0.3) is 5.91 Å². The summed E-state index contributed by atoms with van der Waals surface area (Å²) in [6.45, 7) is -0.447. The second kappa shape index (κ2) is 7.96. The Kier molecular flexibility index (Phi) is 5.97. The quantitative estimate of drug-likeness (QED) is 0.592. The number of nitrogens with one attached hydrogen (secondary N) is 1. The molecule has 7 nitrogen and oxygen atoms in total. The van der Waals surface area contributed by atoms with Gasteiger partial charge >= 0.3 is 5.97 Å². The summed E-state index contributed by atoms with van der Waals surface area (Å²) in [6.07, 6.45) is 3.14. The van der Waals surface area contributed by atoms with Crippen molar-refractivity contribution in [2.75, 3.05) is 25.2 Å². The molecule has 0 spiro atoms. The van der Waals surface area contributed by atoms with Crippen LogP contribution in [0.2, 0.25) is 0 Å². The van der Waals surface area contributed by atoms with Crippen LogP contribution in [0.15, 0.2) is 30.3 Å². The monoisotopic (exact) mass is 353 g/mol. The number of amides is 1. The maximum absolute atomic E-state index is 11.6. The van der Waals surface area contributed by atoms with Gasteiger partial charge in [0.05, 0.1) is 18.6 Å². The van der Waals surface area contributed by atoms with Gasteiger partial charge < -0.3 is 14.8 Å². The molecule has 0 aliphatic carbocycles. The minimum absolute atomic E-state index is 0.0670. The first-order valence-electron chi connectivity index (χ1n) is 7.36. The van der Waals surface area contributed by atoms with Gasteiger partial charge in [-0.05, 0) is 30.2 Å². The van der Waals surface area contributed by atoms with E-state index in [1.807, 2.05) is 0 Å². The number of methoxy groups -OCH3 is 1. The molecule has 1 heterocycles. The predicted octanol–water partition coefficient (Wildman–Crippen LogP) is 0.555. The summed E-state index contributed by atoms with van der Waals surface area (Å²) in [5, 5.41) is 2.54. The van der Waals surface area contributed by atoms with E-state index in [-0.39, 0.29) is 11.5 Å². The highest BCUT2D eigenvalue weighted by molar-refractivity contribution is 7.91. The summed E-state index contributed by atoms with van der Waals surface area (Å²) in [6, 6.07) is 6.70. The zero-order valence-electron chi connectivity index (χ0n) is 13.2. The SMILES string of the molecule is COc1cccc(C=CC(=O)OCC(=O)NC2CCS(=O)(=O)C2)c1. The molecule has 1 aliphatic rings. The number of rotatable bonds is 6. The fourth-order valence-corrected chi connectivity index (χ4v) is 3.95. The normalized spacial score (nSPS) is 19.1. The van der Waals surface area contributed by atoms with Gasteiger partial charge in [-0.15, -0.1) is 0 Å². The summed E-state index contributed by atoms with van der Waals surface area (Å²) in [5.41, 5.74) is 0.756. The van der Waals surface area contributed by atoms with E-state index in [0.717, 1.165) is 5.56 Å². The lowest BCUT2D eigenvalue weighted by atomic mass is 10.2. The molecule has 2 rings (SSSR count). The van der Waals surface area contributed by atoms with Crippen LogP contribution in [0.1, 0.15) is 12.0 Å². The smallest absolute Gasteiger partial charge is 0.331 e. The molecule has 1 aliphatic heterocycles. The fourth-order valence-electron chi connectivity index (χ4n) is 2.27. The molecule has 1 N–H and O–H groups in total. The zero-order chi connectivity index (χ0) is 17.6. The van der Waals surface area contributed by atoms with Gasteiger partial charge in [-0.25, -0.2) is 13.2 Å². The second-order valence-electron chi connectivity index (χ2n) is 5.39. The number of benzene rings is 1. The molecule has 24 heavy (non-hydrogen) atoms. The van der Waals surface area contributed by atoms with Crippen molar-refractivity contribution in [3.8, 4) is 5.75 Å². The third-order valence-electron chi connectivity index (χ3n) is 3.45. The molecular weight excluding hydrogens is 334 g/mol. The summed E-state index contributed by atoms with van der Waals surface area (Å²) >= 11 is 0. The number of sulfone groups is 1. The highest BCUT2D eigenvalue weighted by Crippen LogP contribution is 2.13. The van der Waals surface area contributed by atoms with E-state index >= 15 is 0 Å². The molecule has 0 bridgehead atoms. The van der Waals surface area contributed by atoms with Crippen LogP contribution in [0.3, 0.4) is 0 Å². The maximum Gasteiger partial charge on any atom is 0.331 e. The van der Waals surface area contributed by atoms with E-state index in [1.54, 1.807) is 37.5 Å². The zero-order valence-corrected chi connectivity index (χ0v) is 14.0. The highest BCUT2D eigenvalue weighted by Gasteiger charge is 2.28. The Balaban J connectivity index is 1.76. The summed E-state index contributed by atoms with van der Waals surface area (Å²) in [4.78, 5) is 23.2. The van der Waals surface area contributed by atoms with E-state index in [1.165, 1.54) is 6.08 Å². The van der Waals surface area contributed by atoms with Crippen LogP contribution >= 0.6 is 0 Å². The van der Waals surface area contributed by atoms with Crippen LogP contribution in [0.4, 0.5) is 0 Å². The molecule has 130 valence electrons. The van der Waals surface area contributed by atoms with Crippen LogP contribution in [0, 0.1) is 0 Å². The average Bonchev–Trinajstić information content (AvgIpc) is 2.89. The Bertz CT molecular complexity index is 741. The Morgan fingerprint density at radius 3 is 2.83 bits per heavy atom. The molecule has 1 aromatic rings. The third-order valence-corrected chi connectivity index (χ3v) is 5.22. The van der Waals surface area contributed by atoms with Gasteiger partial charge in [0, 0.05) is 12.1 Å². The van der Waals surface area contributed by atoms with Crippen molar-refractivity contribution < 1.29 is 27.5 Å².